The molecule has 0 aromatic heterocycles. The van der Waals surface area contributed by atoms with E-state index in [4.69, 9.17) is 9.05 Å². The van der Waals surface area contributed by atoms with E-state index in [0.29, 0.717) is 13.2 Å². The molecule has 1 aromatic carbocycles. The van der Waals surface area contributed by atoms with Gasteiger partial charge < -0.3 is 0 Å². The summed E-state index contributed by atoms with van der Waals surface area (Å²) in [5, 5.41) is 0. The minimum atomic E-state index is -1.97. The fourth-order valence-electron chi connectivity index (χ4n) is 1.02. The Bertz CT molecular complexity index is 287. The van der Waals surface area contributed by atoms with Crippen LogP contribution in [0.5, 0.6) is 0 Å². The third-order valence-electron chi connectivity index (χ3n) is 1.87. The van der Waals surface area contributed by atoms with Gasteiger partial charge in [0.15, 0.2) is 0 Å². The summed E-state index contributed by atoms with van der Waals surface area (Å²) in [7, 11) is -1.97. The fraction of sp³-hybridized carbons (Fsp3) is 0.455. The van der Waals surface area contributed by atoms with Crippen LogP contribution in [-0.4, -0.2) is 6.61 Å². The van der Waals surface area contributed by atoms with E-state index < -0.39 is 8.25 Å². The van der Waals surface area contributed by atoms with E-state index in [1.807, 2.05) is 30.3 Å². The maximum Gasteiger partial charge on any atom is 0.697 e. The summed E-state index contributed by atoms with van der Waals surface area (Å²) in [4.78, 5) is 0. The van der Waals surface area contributed by atoms with Crippen molar-refractivity contribution >= 4 is 8.25 Å². The molecule has 0 amide bonds. The van der Waals surface area contributed by atoms with Gasteiger partial charge >= 0.3 is 8.25 Å². The summed E-state index contributed by atoms with van der Waals surface area (Å²) >= 11 is 0. The Labute approximate surface area is 91.4 Å². The molecule has 0 fully saturated rings. The van der Waals surface area contributed by atoms with Crippen molar-refractivity contribution < 1.29 is 13.6 Å². The van der Waals surface area contributed by atoms with Crippen LogP contribution in [-0.2, 0) is 20.2 Å². The highest BCUT2D eigenvalue weighted by atomic mass is 31.1. The van der Waals surface area contributed by atoms with Crippen molar-refractivity contribution in [3.63, 3.8) is 0 Å². The van der Waals surface area contributed by atoms with Crippen LogP contribution in [0.4, 0.5) is 0 Å². The first-order chi connectivity index (χ1) is 7.33. The highest BCUT2D eigenvalue weighted by Crippen LogP contribution is 2.25. The molecular weight excluding hydrogens is 211 g/mol. The van der Waals surface area contributed by atoms with Gasteiger partial charge in [-0.2, -0.15) is 0 Å². The maximum absolute atomic E-state index is 11.2. The zero-order chi connectivity index (χ0) is 10.9. The molecule has 15 heavy (non-hydrogen) atoms. The van der Waals surface area contributed by atoms with Crippen LogP contribution >= 0.6 is 8.25 Å². The quantitative estimate of drug-likeness (QED) is 0.526. The number of benzene rings is 1. The Kier molecular flexibility index (Phi) is 6.17. The minimum Gasteiger partial charge on any atom is -0.119 e. The normalized spacial score (nSPS) is 11.4. The van der Waals surface area contributed by atoms with Gasteiger partial charge in [-0.05, 0) is 12.0 Å². The third-order valence-corrected chi connectivity index (χ3v) is 2.61. The maximum atomic E-state index is 11.2. The first kappa shape index (κ1) is 12.3. The first-order valence-electron chi connectivity index (χ1n) is 5.10. The zero-order valence-corrected chi connectivity index (χ0v) is 9.78. The van der Waals surface area contributed by atoms with Crippen LogP contribution in [0, 0.1) is 0 Å². The van der Waals surface area contributed by atoms with Crippen LogP contribution in [0.1, 0.15) is 25.3 Å². The largest absolute Gasteiger partial charge is 0.697 e. The number of unbranched alkanes of at least 4 members (excludes halogenated alkanes) is 1. The van der Waals surface area contributed by atoms with Gasteiger partial charge in [0.05, 0.1) is 0 Å². The standard InChI is InChI=1S/C11H16O3P/c1-2-3-9-13-15(12)14-10-11-7-5-4-6-8-11/h4-8H,2-3,9-10H2,1H3/q+1. The molecule has 1 aromatic rings. The lowest BCUT2D eigenvalue weighted by Crippen LogP contribution is -1.89. The van der Waals surface area contributed by atoms with Gasteiger partial charge in [0.25, 0.3) is 0 Å². The Balaban J connectivity index is 2.17. The van der Waals surface area contributed by atoms with Crippen molar-refractivity contribution in [2.75, 3.05) is 6.61 Å². The lowest BCUT2D eigenvalue weighted by Gasteiger charge is -1.93. The Morgan fingerprint density at radius 1 is 1.20 bits per heavy atom. The Morgan fingerprint density at radius 2 is 1.93 bits per heavy atom. The Morgan fingerprint density at radius 3 is 2.60 bits per heavy atom. The van der Waals surface area contributed by atoms with Gasteiger partial charge in [0.1, 0.15) is 13.2 Å². The van der Waals surface area contributed by atoms with E-state index in [1.165, 1.54) is 0 Å². The second-order valence-corrected chi connectivity index (χ2v) is 4.13. The molecule has 0 heterocycles. The van der Waals surface area contributed by atoms with Crippen molar-refractivity contribution in [2.24, 2.45) is 0 Å². The van der Waals surface area contributed by atoms with Gasteiger partial charge in [-0.15, -0.1) is 9.05 Å². The van der Waals surface area contributed by atoms with Crippen molar-refractivity contribution in [2.45, 2.75) is 26.4 Å². The van der Waals surface area contributed by atoms with Crippen molar-refractivity contribution in [1.29, 1.82) is 0 Å². The average molecular weight is 227 g/mol. The first-order valence-corrected chi connectivity index (χ1v) is 6.19. The number of hydrogen-bond donors (Lipinski definition) is 0. The van der Waals surface area contributed by atoms with E-state index in [0.717, 1.165) is 18.4 Å². The summed E-state index contributed by atoms with van der Waals surface area (Å²) in [6.07, 6.45) is 1.94. The van der Waals surface area contributed by atoms with E-state index in [-0.39, 0.29) is 0 Å². The smallest absolute Gasteiger partial charge is 0.119 e. The second kappa shape index (κ2) is 7.52. The molecule has 0 bridgehead atoms. The molecule has 1 rings (SSSR count). The molecule has 0 saturated carbocycles. The Hall–Kier alpha value is -0.760. The predicted molar refractivity (Wildman–Crippen MR) is 59.7 cm³/mol. The highest BCUT2D eigenvalue weighted by Gasteiger charge is 2.19. The van der Waals surface area contributed by atoms with Crippen LogP contribution in [0.3, 0.4) is 0 Å². The molecule has 0 aliphatic heterocycles. The topological polar surface area (TPSA) is 35.5 Å². The van der Waals surface area contributed by atoms with Crippen LogP contribution in [0.25, 0.3) is 0 Å². The van der Waals surface area contributed by atoms with Gasteiger partial charge in [-0.3, -0.25) is 0 Å². The van der Waals surface area contributed by atoms with Gasteiger partial charge in [-0.1, -0.05) is 43.7 Å². The molecule has 1 unspecified atom stereocenters. The molecule has 82 valence electrons. The fourth-order valence-corrected chi connectivity index (χ4v) is 1.63. The molecular formula is C11H16O3P+. The van der Waals surface area contributed by atoms with Crippen LogP contribution < -0.4 is 0 Å². The van der Waals surface area contributed by atoms with Crippen molar-refractivity contribution in [3.8, 4) is 0 Å². The lowest BCUT2D eigenvalue weighted by molar-refractivity contribution is 0.217. The summed E-state index contributed by atoms with van der Waals surface area (Å²) in [6, 6.07) is 9.62. The summed E-state index contributed by atoms with van der Waals surface area (Å²) in [6.45, 7) is 2.89. The molecule has 0 saturated heterocycles. The minimum absolute atomic E-state index is 0.335. The van der Waals surface area contributed by atoms with Crippen LogP contribution in [0.2, 0.25) is 0 Å². The monoisotopic (exact) mass is 227 g/mol. The van der Waals surface area contributed by atoms with E-state index >= 15 is 0 Å². The molecule has 0 radical (unpaired) electrons. The zero-order valence-electron chi connectivity index (χ0n) is 8.89. The second-order valence-electron chi connectivity index (χ2n) is 3.17. The van der Waals surface area contributed by atoms with Gasteiger partial charge in [0.2, 0.25) is 0 Å². The van der Waals surface area contributed by atoms with E-state index in [2.05, 4.69) is 6.92 Å². The summed E-state index contributed by atoms with van der Waals surface area (Å²) in [5.41, 5.74) is 1.000. The van der Waals surface area contributed by atoms with E-state index in [9.17, 15) is 4.57 Å². The molecule has 3 nitrogen and oxygen atoms in total. The van der Waals surface area contributed by atoms with Crippen molar-refractivity contribution in [1.82, 2.24) is 0 Å². The number of hydrogen-bond acceptors (Lipinski definition) is 3. The third kappa shape index (κ3) is 5.63. The summed E-state index contributed by atoms with van der Waals surface area (Å²) < 4.78 is 21.2. The van der Waals surface area contributed by atoms with Crippen molar-refractivity contribution in [3.05, 3.63) is 35.9 Å². The van der Waals surface area contributed by atoms with E-state index in [1.54, 1.807) is 0 Å². The summed E-state index contributed by atoms with van der Waals surface area (Å²) in [5.74, 6) is 0. The van der Waals surface area contributed by atoms with Gasteiger partial charge in [-0.25, -0.2) is 0 Å². The highest BCUT2D eigenvalue weighted by molar-refractivity contribution is 7.33. The SMILES string of the molecule is CCCCO[P+](=O)OCc1ccccc1. The predicted octanol–water partition coefficient (Wildman–Crippen LogP) is 3.68. The van der Waals surface area contributed by atoms with Crippen LogP contribution in [0.15, 0.2) is 30.3 Å². The number of rotatable bonds is 7. The molecule has 0 spiro atoms. The molecule has 0 N–H and O–H groups in total. The molecule has 0 aliphatic rings. The molecule has 1 atom stereocenters. The average Bonchev–Trinajstić information content (AvgIpc) is 2.28. The molecule has 4 heteroatoms. The molecule has 0 aliphatic carbocycles. The lowest BCUT2D eigenvalue weighted by atomic mass is 10.2. The van der Waals surface area contributed by atoms with Gasteiger partial charge in [0, 0.05) is 4.57 Å².